The van der Waals surface area contributed by atoms with E-state index in [1.54, 1.807) is 37.3 Å². The van der Waals surface area contributed by atoms with E-state index in [4.69, 9.17) is 14.5 Å². The fraction of sp³-hybridized carbons (Fsp3) is 0.476. The van der Waals surface area contributed by atoms with E-state index >= 15 is 0 Å². The van der Waals surface area contributed by atoms with Gasteiger partial charge in [0, 0.05) is 23.2 Å². The zero-order chi connectivity index (χ0) is 20.2. The highest BCUT2D eigenvalue weighted by molar-refractivity contribution is 7.98. The number of aromatic nitrogens is 4. The highest BCUT2D eigenvalue weighted by atomic mass is 32.2. The minimum Gasteiger partial charge on any atom is -0.497 e. The van der Waals surface area contributed by atoms with Gasteiger partial charge in [0.25, 0.3) is 0 Å². The fourth-order valence-electron chi connectivity index (χ4n) is 3.82. The van der Waals surface area contributed by atoms with Crippen molar-refractivity contribution in [3.05, 3.63) is 35.1 Å². The maximum Gasteiger partial charge on any atom is 0.191 e. The minimum absolute atomic E-state index is 0.538. The monoisotopic (exact) mass is 430 g/mol. The number of ether oxygens (including phenoxy) is 2. The lowest BCUT2D eigenvalue weighted by atomic mass is 9.95. The van der Waals surface area contributed by atoms with Crippen LogP contribution in [0, 0.1) is 6.92 Å². The fourth-order valence-corrected chi connectivity index (χ4v) is 5.72. The average molecular weight is 431 g/mol. The maximum absolute atomic E-state index is 5.53. The summed E-state index contributed by atoms with van der Waals surface area (Å²) < 4.78 is 13.2. The van der Waals surface area contributed by atoms with Crippen LogP contribution >= 0.6 is 23.1 Å². The summed E-state index contributed by atoms with van der Waals surface area (Å²) in [5, 5.41) is 12.8. The molecule has 2 heterocycles. The maximum atomic E-state index is 5.53. The molecule has 1 aliphatic carbocycles. The van der Waals surface area contributed by atoms with Crippen LogP contribution in [-0.4, -0.2) is 34.0 Å². The second-order valence-electron chi connectivity index (χ2n) is 7.19. The lowest BCUT2D eigenvalue weighted by Gasteiger charge is -2.24. The molecule has 0 saturated heterocycles. The van der Waals surface area contributed by atoms with Gasteiger partial charge in [-0.05, 0) is 31.9 Å². The number of nitrogens with zero attached hydrogens (tertiary/aromatic N) is 4. The first-order valence-corrected chi connectivity index (χ1v) is 11.8. The van der Waals surface area contributed by atoms with Crippen LogP contribution in [-0.2, 0) is 5.75 Å². The Morgan fingerprint density at radius 1 is 1.14 bits per heavy atom. The van der Waals surface area contributed by atoms with Crippen molar-refractivity contribution in [2.24, 2.45) is 0 Å². The molecule has 154 valence electrons. The van der Waals surface area contributed by atoms with Gasteiger partial charge in [0.2, 0.25) is 0 Å². The van der Waals surface area contributed by atoms with Gasteiger partial charge in [-0.25, -0.2) is 4.98 Å². The molecular formula is C21H26N4O2S2. The standard InChI is InChI=1S/C21H26N4O2S2/c1-14-23-24-21(25(14)16-7-5-4-6-8-16)29-13-15-12-28-20(22-15)18-10-9-17(26-2)11-19(18)27-3/h9-12,16H,4-8,13H2,1-3H3. The first kappa shape index (κ1) is 20.2. The number of benzene rings is 1. The van der Waals surface area contributed by atoms with Crippen molar-refractivity contribution in [1.29, 1.82) is 0 Å². The number of thiazole rings is 1. The van der Waals surface area contributed by atoms with Crippen molar-refractivity contribution in [3.8, 4) is 22.1 Å². The van der Waals surface area contributed by atoms with Gasteiger partial charge in [-0.15, -0.1) is 21.5 Å². The van der Waals surface area contributed by atoms with E-state index in [1.165, 1.54) is 32.1 Å². The molecule has 4 rings (SSSR count). The van der Waals surface area contributed by atoms with Crippen LogP contribution in [0.1, 0.15) is 49.7 Å². The smallest absolute Gasteiger partial charge is 0.191 e. The van der Waals surface area contributed by atoms with Gasteiger partial charge < -0.3 is 14.0 Å². The second-order valence-corrected chi connectivity index (χ2v) is 8.99. The minimum atomic E-state index is 0.538. The van der Waals surface area contributed by atoms with Gasteiger partial charge >= 0.3 is 0 Å². The molecule has 0 bridgehead atoms. The molecule has 3 aromatic rings. The lowest BCUT2D eigenvalue weighted by molar-refractivity contribution is 0.332. The molecule has 0 unspecified atom stereocenters. The Morgan fingerprint density at radius 3 is 2.72 bits per heavy atom. The first-order chi connectivity index (χ1) is 14.2. The predicted octanol–water partition coefficient (Wildman–Crippen LogP) is 5.52. The summed E-state index contributed by atoms with van der Waals surface area (Å²) in [6.45, 7) is 2.06. The molecule has 0 amide bonds. The van der Waals surface area contributed by atoms with Crippen LogP contribution in [0.3, 0.4) is 0 Å². The van der Waals surface area contributed by atoms with Crippen LogP contribution in [0.2, 0.25) is 0 Å². The van der Waals surface area contributed by atoms with Crippen molar-refractivity contribution in [2.75, 3.05) is 14.2 Å². The molecule has 29 heavy (non-hydrogen) atoms. The molecule has 8 heteroatoms. The lowest BCUT2D eigenvalue weighted by Crippen LogP contribution is -2.15. The molecule has 0 spiro atoms. The Bertz CT molecular complexity index is 963. The van der Waals surface area contributed by atoms with Gasteiger partial charge in [0.05, 0.1) is 25.5 Å². The number of hydrogen-bond donors (Lipinski definition) is 0. The summed E-state index contributed by atoms with van der Waals surface area (Å²) >= 11 is 3.35. The number of rotatable bonds is 7. The highest BCUT2D eigenvalue weighted by Gasteiger charge is 2.21. The van der Waals surface area contributed by atoms with E-state index < -0.39 is 0 Å². The molecule has 0 aliphatic heterocycles. The quantitative estimate of drug-likeness (QED) is 0.460. The second kappa shape index (κ2) is 9.17. The van der Waals surface area contributed by atoms with Gasteiger partial charge in [0.1, 0.15) is 22.3 Å². The van der Waals surface area contributed by atoms with E-state index in [-0.39, 0.29) is 0 Å². The molecule has 2 aromatic heterocycles. The molecule has 1 saturated carbocycles. The van der Waals surface area contributed by atoms with Crippen LogP contribution in [0.15, 0.2) is 28.7 Å². The number of thioether (sulfide) groups is 1. The van der Waals surface area contributed by atoms with E-state index in [2.05, 4.69) is 27.1 Å². The Balaban J connectivity index is 1.48. The topological polar surface area (TPSA) is 62.1 Å². The summed E-state index contributed by atoms with van der Waals surface area (Å²) in [5.41, 5.74) is 2.03. The van der Waals surface area contributed by atoms with Crippen molar-refractivity contribution in [1.82, 2.24) is 19.7 Å². The molecule has 1 aromatic carbocycles. The van der Waals surface area contributed by atoms with Crippen molar-refractivity contribution in [2.45, 2.75) is 56.0 Å². The molecule has 0 atom stereocenters. The Morgan fingerprint density at radius 2 is 1.97 bits per heavy atom. The van der Waals surface area contributed by atoms with E-state index in [9.17, 15) is 0 Å². The third-order valence-corrected chi connectivity index (χ3v) is 7.22. The van der Waals surface area contributed by atoms with Gasteiger partial charge in [-0.3, -0.25) is 0 Å². The third kappa shape index (κ3) is 4.43. The highest BCUT2D eigenvalue weighted by Crippen LogP contribution is 2.37. The summed E-state index contributed by atoms with van der Waals surface area (Å²) in [6, 6.07) is 6.36. The zero-order valence-electron chi connectivity index (χ0n) is 17.1. The molecule has 1 fully saturated rings. The zero-order valence-corrected chi connectivity index (χ0v) is 18.7. The summed E-state index contributed by atoms with van der Waals surface area (Å²) in [4.78, 5) is 4.83. The van der Waals surface area contributed by atoms with Crippen molar-refractivity contribution in [3.63, 3.8) is 0 Å². The number of aryl methyl sites for hydroxylation is 1. The Hall–Kier alpha value is -2.06. The predicted molar refractivity (Wildman–Crippen MR) is 117 cm³/mol. The molecule has 6 nitrogen and oxygen atoms in total. The third-order valence-electron chi connectivity index (χ3n) is 5.31. The SMILES string of the molecule is COc1ccc(-c2nc(CSc3nnc(C)n3C3CCCCC3)cs2)c(OC)c1. The van der Waals surface area contributed by atoms with Gasteiger partial charge in [0.15, 0.2) is 5.16 Å². The number of hydrogen-bond acceptors (Lipinski definition) is 7. The van der Waals surface area contributed by atoms with E-state index in [0.717, 1.165) is 44.5 Å². The van der Waals surface area contributed by atoms with Crippen LogP contribution in [0.5, 0.6) is 11.5 Å². The van der Waals surface area contributed by atoms with Gasteiger partial charge in [-0.2, -0.15) is 0 Å². The number of methoxy groups -OCH3 is 2. The average Bonchev–Trinajstić information content (AvgIpc) is 3.38. The van der Waals surface area contributed by atoms with E-state index in [1.807, 2.05) is 18.2 Å². The van der Waals surface area contributed by atoms with Crippen molar-refractivity contribution >= 4 is 23.1 Å². The summed E-state index contributed by atoms with van der Waals surface area (Å²) in [6.07, 6.45) is 6.39. The first-order valence-electron chi connectivity index (χ1n) is 9.90. The molecular weight excluding hydrogens is 404 g/mol. The Labute approximate surface area is 179 Å². The largest absolute Gasteiger partial charge is 0.497 e. The van der Waals surface area contributed by atoms with Crippen LogP contribution < -0.4 is 9.47 Å². The van der Waals surface area contributed by atoms with Gasteiger partial charge in [-0.1, -0.05) is 31.0 Å². The summed E-state index contributed by atoms with van der Waals surface area (Å²) in [7, 11) is 3.32. The van der Waals surface area contributed by atoms with E-state index in [0.29, 0.717) is 6.04 Å². The van der Waals surface area contributed by atoms with Crippen LogP contribution in [0.4, 0.5) is 0 Å². The summed E-state index contributed by atoms with van der Waals surface area (Å²) in [5.74, 6) is 3.34. The van der Waals surface area contributed by atoms with Crippen LogP contribution in [0.25, 0.3) is 10.6 Å². The normalized spacial score (nSPS) is 14.9. The Kier molecular flexibility index (Phi) is 6.40. The van der Waals surface area contributed by atoms with Crippen molar-refractivity contribution < 1.29 is 9.47 Å². The molecule has 0 N–H and O–H groups in total. The molecule has 1 aliphatic rings. The molecule has 0 radical (unpaired) electrons.